The molecule has 0 amide bonds. The molecule has 1 unspecified atom stereocenters. The van der Waals surface area contributed by atoms with E-state index in [0.717, 1.165) is 19.0 Å². The maximum absolute atomic E-state index is 5.80. The average molecular weight is 278 g/mol. The van der Waals surface area contributed by atoms with Gasteiger partial charge in [-0.05, 0) is 25.7 Å². The standard InChI is InChI=1S/C13H22N6O/c1-9(10-3-2-4-10)15-12-16-11(14)17-13(18-12)19-5-7-20-8-6-19/h9-10H,2-8H2,1H3,(H3,14,15,16,17,18). The third-order valence-electron chi connectivity index (χ3n) is 4.15. The molecule has 2 heterocycles. The van der Waals surface area contributed by atoms with Crippen LogP contribution in [0.15, 0.2) is 0 Å². The highest BCUT2D eigenvalue weighted by atomic mass is 16.5. The predicted octanol–water partition coefficient (Wildman–Crippen LogP) is 0.891. The maximum atomic E-state index is 5.80. The number of nitrogens with zero attached hydrogens (tertiary/aromatic N) is 4. The van der Waals surface area contributed by atoms with Crippen LogP contribution in [0.3, 0.4) is 0 Å². The first-order valence-electron chi connectivity index (χ1n) is 7.33. The van der Waals surface area contributed by atoms with Crippen molar-refractivity contribution in [1.82, 2.24) is 15.0 Å². The van der Waals surface area contributed by atoms with Crippen LogP contribution in [0.4, 0.5) is 17.8 Å². The van der Waals surface area contributed by atoms with Gasteiger partial charge in [0, 0.05) is 19.1 Å². The molecule has 1 aromatic heterocycles. The summed E-state index contributed by atoms with van der Waals surface area (Å²) >= 11 is 0. The predicted molar refractivity (Wildman–Crippen MR) is 77.7 cm³/mol. The highest BCUT2D eigenvalue weighted by molar-refractivity contribution is 5.42. The van der Waals surface area contributed by atoms with Crippen molar-refractivity contribution < 1.29 is 4.74 Å². The van der Waals surface area contributed by atoms with E-state index in [1.807, 2.05) is 0 Å². The Labute approximate surface area is 118 Å². The Bertz CT molecular complexity index is 458. The zero-order valence-corrected chi connectivity index (χ0v) is 11.9. The Morgan fingerprint density at radius 3 is 2.65 bits per heavy atom. The number of rotatable bonds is 4. The van der Waals surface area contributed by atoms with E-state index in [1.165, 1.54) is 19.3 Å². The van der Waals surface area contributed by atoms with Gasteiger partial charge in [-0.1, -0.05) is 6.42 Å². The molecule has 0 aromatic carbocycles. The second-order valence-corrected chi connectivity index (χ2v) is 5.54. The van der Waals surface area contributed by atoms with Gasteiger partial charge >= 0.3 is 0 Å². The molecular weight excluding hydrogens is 256 g/mol. The van der Waals surface area contributed by atoms with Gasteiger partial charge in [0.05, 0.1) is 13.2 Å². The van der Waals surface area contributed by atoms with Gasteiger partial charge in [0.25, 0.3) is 0 Å². The molecule has 7 heteroatoms. The fourth-order valence-corrected chi connectivity index (χ4v) is 2.61. The van der Waals surface area contributed by atoms with Crippen LogP contribution in [0, 0.1) is 5.92 Å². The minimum Gasteiger partial charge on any atom is -0.378 e. The molecule has 1 aromatic rings. The summed E-state index contributed by atoms with van der Waals surface area (Å²) in [7, 11) is 0. The number of hydrogen-bond donors (Lipinski definition) is 2. The molecule has 2 aliphatic rings. The summed E-state index contributed by atoms with van der Waals surface area (Å²) in [6.07, 6.45) is 3.89. The number of nitrogen functional groups attached to an aromatic ring is 1. The molecule has 1 saturated heterocycles. The summed E-state index contributed by atoms with van der Waals surface area (Å²) in [6, 6.07) is 0.378. The lowest BCUT2D eigenvalue weighted by molar-refractivity contribution is 0.122. The van der Waals surface area contributed by atoms with Gasteiger partial charge in [-0.25, -0.2) is 0 Å². The Morgan fingerprint density at radius 1 is 1.25 bits per heavy atom. The van der Waals surface area contributed by atoms with E-state index in [2.05, 4.69) is 32.1 Å². The van der Waals surface area contributed by atoms with E-state index < -0.39 is 0 Å². The Hall–Kier alpha value is -1.63. The minimum absolute atomic E-state index is 0.268. The normalized spacial score (nSPS) is 21.4. The molecule has 1 saturated carbocycles. The molecule has 0 bridgehead atoms. The van der Waals surface area contributed by atoms with Crippen LogP contribution < -0.4 is 16.0 Å². The van der Waals surface area contributed by atoms with E-state index in [4.69, 9.17) is 10.5 Å². The first kappa shape index (κ1) is 13.4. The van der Waals surface area contributed by atoms with Crippen LogP contribution in [0.25, 0.3) is 0 Å². The van der Waals surface area contributed by atoms with Crippen LogP contribution in [0.5, 0.6) is 0 Å². The summed E-state index contributed by atoms with van der Waals surface area (Å²) < 4.78 is 5.34. The van der Waals surface area contributed by atoms with Crippen molar-refractivity contribution >= 4 is 17.8 Å². The summed E-state index contributed by atoms with van der Waals surface area (Å²) in [6.45, 7) is 5.17. The lowest BCUT2D eigenvalue weighted by Crippen LogP contribution is -2.38. The van der Waals surface area contributed by atoms with Gasteiger partial charge in [0.15, 0.2) is 0 Å². The molecule has 7 nitrogen and oxygen atoms in total. The molecule has 3 rings (SSSR count). The van der Waals surface area contributed by atoms with Crippen molar-refractivity contribution in [1.29, 1.82) is 0 Å². The van der Waals surface area contributed by atoms with Gasteiger partial charge in [0.1, 0.15) is 0 Å². The van der Waals surface area contributed by atoms with Crippen LogP contribution in [-0.4, -0.2) is 47.3 Å². The molecule has 110 valence electrons. The monoisotopic (exact) mass is 278 g/mol. The van der Waals surface area contributed by atoms with E-state index in [1.54, 1.807) is 0 Å². The second kappa shape index (κ2) is 5.78. The largest absolute Gasteiger partial charge is 0.378 e. The molecule has 2 fully saturated rings. The summed E-state index contributed by atoms with van der Waals surface area (Å²) in [5, 5.41) is 3.36. The zero-order valence-electron chi connectivity index (χ0n) is 11.9. The van der Waals surface area contributed by atoms with Crippen molar-refractivity contribution in [3.8, 4) is 0 Å². The Morgan fingerprint density at radius 2 is 2.00 bits per heavy atom. The lowest BCUT2D eigenvalue weighted by atomic mass is 9.80. The van der Waals surface area contributed by atoms with Crippen molar-refractivity contribution in [3.05, 3.63) is 0 Å². The molecule has 0 spiro atoms. The fourth-order valence-electron chi connectivity index (χ4n) is 2.61. The SMILES string of the molecule is CC(Nc1nc(N)nc(N2CCOCC2)n1)C1CCC1. The van der Waals surface area contributed by atoms with Crippen LogP contribution in [0.1, 0.15) is 26.2 Å². The maximum Gasteiger partial charge on any atom is 0.232 e. The van der Waals surface area contributed by atoms with E-state index in [-0.39, 0.29) is 5.95 Å². The van der Waals surface area contributed by atoms with Crippen LogP contribution in [-0.2, 0) is 4.74 Å². The quantitative estimate of drug-likeness (QED) is 0.845. The van der Waals surface area contributed by atoms with E-state index in [0.29, 0.717) is 31.2 Å². The summed E-state index contributed by atoms with van der Waals surface area (Å²) in [5.41, 5.74) is 5.80. The zero-order chi connectivity index (χ0) is 13.9. The summed E-state index contributed by atoms with van der Waals surface area (Å²) in [4.78, 5) is 15.0. The number of nitrogens with one attached hydrogen (secondary N) is 1. The van der Waals surface area contributed by atoms with Gasteiger partial charge in [0.2, 0.25) is 17.8 Å². The topological polar surface area (TPSA) is 89.2 Å². The van der Waals surface area contributed by atoms with Crippen LogP contribution >= 0.6 is 0 Å². The molecule has 1 atom stereocenters. The summed E-state index contributed by atoms with van der Waals surface area (Å²) in [5.74, 6) is 2.21. The van der Waals surface area contributed by atoms with Crippen molar-refractivity contribution in [2.75, 3.05) is 42.3 Å². The Balaban J connectivity index is 1.71. The van der Waals surface area contributed by atoms with Crippen molar-refractivity contribution in [3.63, 3.8) is 0 Å². The highest BCUT2D eigenvalue weighted by Gasteiger charge is 2.25. The number of morpholine rings is 1. The molecular formula is C13H22N6O. The first-order valence-corrected chi connectivity index (χ1v) is 7.33. The van der Waals surface area contributed by atoms with Crippen molar-refractivity contribution in [2.45, 2.75) is 32.2 Å². The third-order valence-corrected chi connectivity index (χ3v) is 4.15. The highest BCUT2D eigenvalue weighted by Crippen LogP contribution is 2.30. The Kier molecular flexibility index (Phi) is 3.86. The fraction of sp³-hybridized carbons (Fsp3) is 0.769. The number of nitrogens with two attached hydrogens (primary N) is 1. The number of aromatic nitrogens is 3. The molecule has 3 N–H and O–H groups in total. The molecule has 0 radical (unpaired) electrons. The van der Waals surface area contributed by atoms with Gasteiger partial charge in [-0.2, -0.15) is 15.0 Å². The molecule has 1 aliphatic heterocycles. The smallest absolute Gasteiger partial charge is 0.232 e. The van der Waals surface area contributed by atoms with Crippen molar-refractivity contribution in [2.24, 2.45) is 5.92 Å². The van der Waals surface area contributed by atoms with E-state index in [9.17, 15) is 0 Å². The number of hydrogen-bond acceptors (Lipinski definition) is 7. The average Bonchev–Trinajstić information content (AvgIpc) is 2.37. The van der Waals surface area contributed by atoms with Crippen LogP contribution in [0.2, 0.25) is 0 Å². The van der Waals surface area contributed by atoms with Gasteiger partial charge in [-0.3, -0.25) is 0 Å². The molecule has 1 aliphatic carbocycles. The second-order valence-electron chi connectivity index (χ2n) is 5.54. The minimum atomic E-state index is 0.268. The lowest BCUT2D eigenvalue weighted by Gasteiger charge is -2.32. The molecule has 20 heavy (non-hydrogen) atoms. The van der Waals surface area contributed by atoms with Gasteiger partial charge < -0.3 is 20.7 Å². The van der Waals surface area contributed by atoms with Gasteiger partial charge in [-0.15, -0.1) is 0 Å². The first-order chi connectivity index (χ1) is 9.72. The number of anilines is 3. The number of ether oxygens (including phenoxy) is 1. The van der Waals surface area contributed by atoms with E-state index >= 15 is 0 Å². The third kappa shape index (κ3) is 2.92.